The highest BCUT2D eigenvalue weighted by molar-refractivity contribution is 6.10. The van der Waals surface area contributed by atoms with E-state index in [1.807, 2.05) is 73.6 Å². The Morgan fingerprint density at radius 1 is 0.900 bits per heavy atom. The number of para-hydroxylation sites is 1. The highest BCUT2D eigenvalue weighted by Crippen LogP contribution is 2.46. The number of nitrogens with one attached hydrogen (secondary N) is 2. The summed E-state index contributed by atoms with van der Waals surface area (Å²) >= 11 is 0. The van der Waals surface area contributed by atoms with Crippen LogP contribution in [-0.2, 0) is 15.8 Å². The zero-order valence-corrected chi connectivity index (χ0v) is 22.5. The van der Waals surface area contributed by atoms with Gasteiger partial charge in [-0.1, -0.05) is 54.6 Å². The molecule has 0 aromatic heterocycles. The number of carbonyl (C=O) groups is 2. The van der Waals surface area contributed by atoms with E-state index in [2.05, 4.69) is 10.6 Å². The lowest BCUT2D eigenvalue weighted by Gasteiger charge is -2.37. The molecule has 1 heterocycles. The van der Waals surface area contributed by atoms with Crippen LogP contribution in [-0.4, -0.2) is 25.8 Å². The molecule has 5 nitrogen and oxygen atoms in total. The molecule has 0 spiro atoms. The molecule has 0 saturated heterocycles. The summed E-state index contributed by atoms with van der Waals surface area (Å²) < 4.78 is 41.0. The van der Waals surface area contributed by atoms with Gasteiger partial charge in [0.1, 0.15) is 0 Å². The van der Waals surface area contributed by atoms with Crippen LogP contribution >= 0.6 is 0 Å². The van der Waals surface area contributed by atoms with Crippen LogP contribution in [0, 0.1) is 0 Å². The molecule has 0 fully saturated rings. The van der Waals surface area contributed by atoms with Crippen molar-refractivity contribution in [1.29, 1.82) is 0 Å². The number of Topliss-reactive ketones (excluding diaryl/α,β-unsaturated/α-hetero) is 1. The molecule has 0 saturated carbocycles. The third-order valence-electron chi connectivity index (χ3n) is 7.57. The van der Waals surface area contributed by atoms with Crippen LogP contribution in [0.4, 0.5) is 24.5 Å². The van der Waals surface area contributed by atoms with Crippen LogP contribution in [0.5, 0.6) is 0 Å². The number of halogens is 3. The van der Waals surface area contributed by atoms with Gasteiger partial charge >= 0.3 is 6.18 Å². The maximum absolute atomic E-state index is 13.8. The maximum Gasteiger partial charge on any atom is 0.418 e. The first-order valence-corrected chi connectivity index (χ1v) is 13.1. The molecule has 5 rings (SSSR count). The van der Waals surface area contributed by atoms with Crippen LogP contribution in [0.25, 0.3) is 0 Å². The van der Waals surface area contributed by atoms with Crippen LogP contribution < -0.4 is 15.5 Å². The summed E-state index contributed by atoms with van der Waals surface area (Å²) in [6.45, 7) is 1.73. The minimum atomic E-state index is -4.64. The van der Waals surface area contributed by atoms with Crippen LogP contribution in [0.1, 0.15) is 48.3 Å². The standard InChI is InChI=1S/C32H30F3N3O2/c1-19-28(31(40)37-25-12-8-7-11-24(25)32(33,34)35)29(21-13-15-23(16-14-21)38(2)3)30-26(36-19)17-22(18-27(30)39)20-9-5-4-6-10-20/h4-16,22,29,36H,17-18H2,1-3H3,(H,37,40). The van der Waals surface area contributed by atoms with Gasteiger partial charge in [-0.05, 0) is 54.7 Å². The molecule has 1 aliphatic carbocycles. The summed E-state index contributed by atoms with van der Waals surface area (Å²) in [5.41, 5.74) is 3.42. The molecule has 206 valence electrons. The first-order chi connectivity index (χ1) is 19.0. The van der Waals surface area contributed by atoms with Gasteiger partial charge in [-0.15, -0.1) is 0 Å². The second-order valence-electron chi connectivity index (χ2n) is 10.4. The molecule has 2 unspecified atom stereocenters. The quantitative estimate of drug-likeness (QED) is 0.372. The van der Waals surface area contributed by atoms with Gasteiger partial charge in [-0.3, -0.25) is 9.59 Å². The number of hydrogen-bond donors (Lipinski definition) is 2. The van der Waals surface area contributed by atoms with Gasteiger partial charge in [-0.2, -0.15) is 13.2 Å². The fourth-order valence-corrected chi connectivity index (χ4v) is 5.63. The van der Waals surface area contributed by atoms with E-state index in [4.69, 9.17) is 0 Å². The average Bonchev–Trinajstić information content (AvgIpc) is 2.92. The molecule has 2 aliphatic rings. The van der Waals surface area contributed by atoms with Gasteiger partial charge in [0.05, 0.1) is 11.3 Å². The third kappa shape index (κ3) is 5.26. The summed E-state index contributed by atoms with van der Waals surface area (Å²) in [6, 6.07) is 22.3. The minimum absolute atomic E-state index is 0.0152. The summed E-state index contributed by atoms with van der Waals surface area (Å²) in [5, 5.41) is 5.78. The molecule has 0 bridgehead atoms. The number of rotatable bonds is 5. The molecule has 1 amide bonds. The van der Waals surface area contributed by atoms with Crippen molar-refractivity contribution < 1.29 is 22.8 Å². The van der Waals surface area contributed by atoms with Crippen LogP contribution in [0.3, 0.4) is 0 Å². The van der Waals surface area contributed by atoms with Gasteiger partial charge < -0.3 is 15.5 Å². The molecule has 8 heteroatoms. The number of alkyl halides is 3. The van der Waals surface area contributed by atoms with Crippen molar-refractivity contribution in [3.05, 3.63) is 118 Å². The molecule has 0 radical (unpaired) electrons. The molecule has 3 aromatic carbocycles. The Morgan fingerprint density at radius 2 is 1.55 bits per heavy atom. The Morgan fingerprint density at radius 3 is 2.20 bits per heavy atom. The van der Waals surface area contributed by atoms with Gasteiger partial charge in [0, 0.05) is 54.7 Å². The van der Waals surface area contributed by atoms with Crippen molar-refractivity contribution in [3.63, 3.8) is 0 Å². The summed E-state index contributed by atoms with van der Waals surface area (Å²) in [4.78, 5) is 29.5. The maximum atomic E-state index is 13.8. The van der Waals surface area contributed by atoms with Crippen molar-refractivity contribution in [1.82, 2.24) is 5.32 Å². The largest absolute Gasteiger partial charge is 0.418 e. The van der Waals surface area contributed by atoms with Crippen molar-refractivity contribution in [2.45, 2.75) is 37.8 Å². The number of nitrogens with zero attached hydrogens (tertiary/aromatic N) is 1. The molecule has 3 aromatic rings. The second kappa shape index (κ2) is 10.7. The number of amides is 1. The number of anilines is 2. The van der Waals surface area contributed by atoms with Crippen LogP contribution in [0.2, 0.25) is 0 Å². The van der Waals surface area contributed by atoms with E-state index in [1.165, 1.54) is 18.2 Å². The van der Waals surface area contributed by atoms with Gasteiger partial charge in [0.2, 0.25) is 0 Å². The van der Waals surface area contributed by atoms with Crippen molar-refractivity contribution in [2.75, 3.05) is 24.3 Å². The molecular weight excluding hydrogens is 515 g/mol. The second-order valence-corrected chi connectivity index (χ2v) is 10.4. The van der Waals surface area contributed by atoms with Crippen molar-refractivity contribution in [3.8, 4) is 0 Å². The number of ketones is 1. The van der Waals surface area contributed by atoms with E-state index in [0.29, 0.717) is 17.7 Å². The van der Waals surface area contributed by atoms with Crippen molar-refractivity contribution >= 4 is 23.1 Å². The Labute approximate surface area is 231 Å². The SMILES string of the molecule is CC1=C(C(=O)Nc2ccccc2C(F)(F)F)C(c2ccc(N(C)C)cc2)C2=C(CC(c3ccccc3)CC2=O)N1. The summed E-state index contributed by atoms with van der Waals surface area (Å²) in [7, 11) is 3.82. The number of dihydropyridines is 1. The third-order valence-corrected chi connectivity index (χ3v) is 7.57. The fourth-order valence-electron chi connectivity index (χ4n) is 5.63. The van der Waals surface area contributed by atoms with E-state index in [0.717, 1.165) is 28.6 Å². The minimum Gasteiger partial charge on any atom is -0.378 e. The molecule has 1 aliphatic heterocycles. The average molecular weight is 546 g/mol. The fraction of sp³-hybridized carbons (Fsp3) is 0.250. The van der Waals surface area contributed by atoms with Crippen molar-refractivity contribution in [2.24, 2.45) is 0 Å². The Bertz CT molecular complexity index is 1510. The van der Waals surface area contributed by atoms with Crippen LogP contribution in [0.15, 0.2) is 101 Å². The first kappa shape index (κ1) is 27.2. The van der Waals surface area contributed by atoms with E-state index >= 15 is 0 Å². The predicted molar refractivity (Wildman–Crippen MR) is 150 cm³/mol. The zero-order valence-electron chi connectivity index (χ0n) is 22.5. The normalized spacial score (nSPS) is 19.2. The smallest absolute Gasteiger partial charge is 0.378 e. The Balaban J connectivity index is 1.58. The number of hydrogen-bond acceptors (Lipinski definition) is 4. The zero-order chi connectivity index (χ0) is 28.6. The monoisotopic (exact) mass is 545 g/mol. The summed E-state index contributed by atoms with van der Waals surface area (Å²) in [5.74, 6) is -1.51. The predicted octanol–water partition coefficient (Wildman–Crippen LogP) is 6.77. The highest BCUT2D eigenvalue weighted by atomic mass is 19.4. The molecular formula is C32H30F3N3O2. The molecule has 2 atom stereocenters. The lowest BCUT2D eigenvalue weighted by molar-refractivity contribution is -0.137. The van der Waals surface area contributed by atoms with E-state index in [-0.39, 0.29) is 29.4 Å². The Kier molecular flexibility index (Phi) is 7.27. The molecule has 2 N–H and O–H groups in total. The lowest BCUT2D eigenvalue weighted by Crippen LogP contribution is -2.37. The van der Waals surface area contributed by atoms with Gasteiger partial charge in [0.25, 0.3) is 5.91 Å². The number of benzene rings is 3. The molecule has 40 heavy (non-hydrogen) atoms. The van der Waals surface area contributed by atoms with E-state index in [9.17, 15) is 22.8 Å². The van der Waals surface area contributed by atoms with Gasteiger partial charge in [-0.25, -0.2) is 0 Å². The summed E-state index contributed by atoms with van der Waals surface area (Å²) in [6.07, 6.45) is -3.77. The van der Waals surface area contributed by atoms with E-state index in [1.54, 1.807) is 6.92 Å². The topological polar surface area (TPSA) is 61.4 Å². The number of allylic oxidation sites excluding steroid dienone is 3. The van der Waals surface area contributed by atoms with E-state index < -0.39 is 23.6 Å². The highest BCUT2D eigenvalue weighted by Gasteiger charge is 2.41. The van der Waals surface area contributed by atoms with Gasteiger partial charge in [0.15, 0.2) is 5.78 Å². The lowest BCUT2D eigenvalue weighted by atomic mass is 9.71. The Hall–Kier alpha value is -4.33. The number of carbonyl (C=O) groups excluding carboxylic acids is 2. The first-order valence-electron chi connectivity index (χ1n) is 13.1.